The van der Waals surface area contributed by atoms with E-state index in [9.17, 15) is 0 Å². The van der Waals surface area contributed by atoms with Crippen molar-refractivity contribution in [2.45, 2.75) is 62.4 Å². The summed E-state index contributed by atoms with van der Waals surface area (Å²) in [7, 11) is 0. The second-order valence-electron chi connectivity index (χ2n) is 9.93. The van der Waals surface area contributed by atoms with Crippen molar-refractivity contribution in [3.05, 3.63) is 93.7 Å². The highest BCUT2D eigenvalue weighted by Crippen LogP contribution is 2.42. The molecule has 4 atom stereocenters. The molecule has 0 fully saturated rings. The van der Waals surface area contributed by atoms with E-state index in [1.165, 1.54) is 45.9 Å². The van der Waals surface area contributed by atoms with Gasteiger partial charge in [-0.15, -0.1) is 0 Å². The van der Waals surface area contributed by atoms with Crippen molar-refractivity contribution in [3.63, 3.8) is 0 Å². The molecule has 5 aliphatic rings. The zero-order valence-electron chi connectivity index (χ0n) is 18.5. The maximum atomic E-state index is 3.77. The zero-order chi connectivity index (χ0) is 21.1. The average Bonchev–Trinajstić information content (AvgIpc) is 3.39. The van der Waals surface area contributed by atoms with Gasteiger partial charge in [-0.2, -0.15) is 0 Å². The monoisotopic (exact) mass is 418 g/mol. The van der Waals surface area contributed by atoms with Gasteiger partial charge in [-0.3, -0.25) is 0 Å². The molecule has 0 radical (unpaired) electrons. The molecule has 0 saturated heterocycles. The van der Waals surface area contributed by atoms with Crippen molar-refractivity contribution >= 4 is 23.9 Å². The third kappa shape index (κ3) is 2.78. The van der Waals surface area contributed by atoms with E-state index in [0.29, 0.717) is 23.9 Å². The molecule has 1 aliphatic heterocycles. The fourth-order valence-electron chi connectivity index (χ4n) is 6.55. The third-order valence-electron chi connectivity index (χ3n) is 8.11. The minimum atomic E-state index is 0.433. The topological polar surface area (TPSA) is 17.0 Å². The first-order chi connectivity index (χ1) is 15.9. The van der Waals surface area contributed by atoms with E-state index in [2.05, 4.69) is 88.8 Å². The van der Waals surface area contributed by atoms with Crippen molar-refractivity contribution in [3.8, 4) is 0 Å². The highest BCUT2D eigenvalue weighted by molar-refractivity contribution is 5.65. The van der Waals surface area contributed by atoms with Gasteiger partial charge >= 0.3 is 0 Å². The van der Waals surface area contributed by atoms with E-state index in [4.69, 9.17) is 0 Å². The van der Waals surface area contributed by atoms with Gasteiger partial charge in [0.05, 0.1) is 6.04 Å². The maximum absolute atomic E-state index is 3.77. The van der Waals surface area contributed by atoms with E-state index in [0.717, 1.165) is 25.7 Å². The number of rotatable bonds is 2. The fraction of sp³-hybridized carbons (Fsp3) is 0.333. The number of aromatic nitrogens is 1. The Morgan fingerprint density at radius 1 is 0.969 bits per heavy atom. The van der Waals surface area contributed by atoms with Crippen molar-refractivity contribution < 1.29 is 0 Å². The molecule has 4 unspecified atom stereocenters. The van der Waals surface area contributed by atoms with Gasteiger partial charge < -0.3 is 9.88 Å². The van der Waals surface area contributed by atoms with Crippen LogP contribution in [0.5, 0.6) is 0 Å². The Kier molecular flexibility index (Phi) is 4.21. The summed E-state index contributed by atoms with van der Waals surface area (Å²) in [5, 5.41) is 6.71. The lowest BCUT2D eigenvalue weighted by molar-refractivity contribution is 0.587. The van der Waals surface area contributed by atoms with Gasteiger partial charge in [0.2, 0.25) is 0 Å². The van der Waals surface area contributed by atoms with Crippen LogP contribution in [0.15, 0.2) is 60.7 Å². The van der Waals surface area contributed by atoms with Crippen LogP contribution < -0.4 is 15.9 Å². The number of benzene rings is 1. The third-order valence-corrected chi connectivity index (χ3v) is 8.11. The van der Waals surface area contributed by atoms with Crippen LogP contribution in [0.2, 0.25) is 0 Å². The highest BCUT2D eigenvalue weighted by atomic mass is 15.0. The van der Waals surface area contributed by atoms with Gasteiger partial charge in [0.25, 0.3) is 0 Å². The predicted octanol–water partition coefficient (Wildman–Crippen LogP) is 5.48. The molecule has 1 N–H and O–H groups in total. The van der Waals surface area contributed by atoms with Gasteiger partial charge in [0, 0.05) is 34.6 Å². The molecule has 1 aromatic heterocycles. The minimum absolute atomic E-state index is 0.433. The number of hydrogen-bond donors (Lipinski definition) is 1. The molecular weight excluding hydrogens is 388 g/mol. The number of hydrogen-bond acceptors (Lipinski definition) is 1. The molecule has 0 spiro atoms. The van der Waals surface area contributed by atoms with Crippen LogP contribution >= 0.6 is 0 Å². The van der Waals surface area contributed by atoms with Crippen molar-refractivity contribution in [1.29, 1.82) is 0 Å². The van der Waals surface area contributed by atoms with Crippen LogP contribution in [-0.2, 0) is 6.42 Å². The summed E-state index contributed by atoms with van der Waals surface area (Å²) in [6, 6.07) is 8.22. The fourth-order valence-corrected chi connectivity index (χ4v) is 6.55. The molecule has 4 aliphatic carbocycles. The maximum Gasteiger partial charge on any atom is 0.0560 e. The largest absolute Gasteiger partial charge is 0.381 e. The Bertz CT molecular complexity index is 1330. The Labute approximate surface area is 190 Å². The van der Waals surface area contributed by atoms with Crippen LogP contribution in [-0.4, -0.2) is 10.6 Å². The molecule has 2 heteroatoms. The number of fused-ring (bicyclic) bond motifs is 6. The van der Waals surface area contributed by atoms with Crippen LogP contribution in [0.3, 0.4) is 0 Å². The van der Waals surface area contributed by atoms with E-state index in [1.54, 1.807) is 5.56 Å². The number of allylic oxidation sites excluding steroid dienone is 6. The van der Waals surface area contributed by atoms with Gasteiger partial charge in [0.15, 0.2) is 0 Å². The quantitative estimate of drug-likeness (QED) is 0.639. The molecule has 2 heterocycles. The first kappa shape index (κ1) is 18.6. The van der Waals surface area contributed by atoms with Crippen molar-refractivity contribution in [2.75, 3.05) is 5.32 Å². The lowest BCUT2D eigenvalue weighted by Gasteiger charge is -2.21. The lowest BCUT2D eigenvalue weighted by Crippen LogP contribution is -2.35. The second kappa shape index (κ2) is 7.27. The van der Waals surface area contributed by atoms with E-state index < -0.39 is 0 Å². The van der Waals surface area contributed by atoms with E-state index in [-0.39, 0.29) is 0 Å². The first-order valence-corrected chi connectivity index (χ1v) is 12.4. The molecule has 0 saturated carbocycles. The number of anilines is 1. The molecule has 7 rings (SSSR count). The summed E-state index contributed by atoms with van der Waals surface area (Å²) in [5.41, 5.74) is 7.32. The molecule has 160 valence electrons. The molecule has 2 nitrogen and oxygen atoms in total. The highest BCUT2D eigenvalue weighted by Gasteiger charge is 2.32. The van der Waals surface area contributed by atoms with Crippen LogP contribution in [0.4, 0.5) is 5.69 Å². The zero-order valence-corrected chi connectivity index (χ0v) is 18.5. The smallest absolute Gasteiger partial charge is 0.0560 e. The Balaban J connectivity index is 1.32. The van der Waals surface area contributed by atoms with Crippen LogP contribution in [0, 0.1) is 0 Å². The standard InChI is InChI=1S/C30H30N2/c1-2-8-22(9-3-1)32-29-13-7-5-11-24(29)26-19-21(15-17-30(26)32)20-14-16-28-25(18-20)23-10-4-6-12-27(23)31-28/h1-4,7-8,10,13-14,16-19,21-23,27,31H,5-6,9,11-12,15H2. The predicted molar refractivity (Wildman–Crippen MR) is 134 cm³/mol. The molecule has 32 heavy (non-hydrogen) atoms. The van der Waals surface area contributed by atoms with Crippen LogP contribution in [0.25, 0.3) is 18.2 Å². The second-order valence-corrected chi connectivity index (χ2v) is 9.93. The first-order valence-electron chi connectivity index (χ1n) is 12.4. The molecule has 0 amide bonds. The summed E-state index contributed by atoms with van der Waals surface area (Å²) < 4.78 is 2.61. The van der Waals surface area contributed by atoms with E-state index >= 15 is 0 Å². The van der Waals surface area contributed by atoms with Crippen molar-refractivity contribution in [2.24, 2.45) is 0 Å². The summed E-state index contributed by atoms with van der Waals surface area (Å²) in [6.07, 6.45) is 30.6. The average molecular weight is 419 g/mol. The molecular formula is C30H30N2. The Hall–Kier alpha value is -3.00. The number of nitrogens with one attached hydrogen (secondary N) is 1. The number of nitrogens with zero attached hydrogens (tertiary/aromatic N) is 1. The molecule has 1 aromatic carbocycles. The normalized spacial score (nSPS) is 28.8. The van der Waals surface area contributed by atoms with Gasteiger partial charge in [-0.25, -0.2) is 0 Å². The summed E-state index contributed by atoms with van der Waals surface area (Å²) >= 11 is 0. The SMILES string of the molecule is C1=CCC(n2c3c(c4c2=CCC(c2ccc5c(c2)C2C=CCCC2N5)C=4)CCC=C3)C=C1. The molecule has 0 bridgehead atoms. The Morgan fingerprint density at radius 3 is 2.91 bits per heavy atom. The molecule has 2 aromatic rings. The summed E-state index contributed by atoms with van der Waals surface area (Å²) in [6.45, 7) is 0. The van der Waals surface area contributed by atoms with Gasteiger partial charge in [-0.05, 0) is 72.6 Å². The summed E-state index contributed by atoms with van der Waals surface area (Å²) in [5.74, 6) is 1.01. The van der Waals surface area contributed by atoms with Gasteiger partial charge in [-0.1, -0.05) is 66.8 Å². The minimum Gasteiger partial charge on any atom is -0.381 e. The van der Waals surface area contributed by atoms with Crippen molar-refractivity contribution in [1.82, 2.24) is 4.57 Å². The summed E-state index contributed by atoms with van der Waals surface area (Å²) in [4.78, 5) is 0. The Morgan fingerprint density at radius 2 is 1.97 bits per heavy atom. The van der Waals surface area contributed by atoms with E-state index in [1.807, 2.05) is 0 Å². The lowest BCUT2D eigenvalue weighted by atomic mass is 9.84. The van der Waals surface area contributed by atoms with Gasteiger partial charge in [0.1, 0.15) is 0 Å². The van der Waals surface area contributed by atoms with Crippen LogP contribution in [0.1, 0.15) is 72.4 Å².